The molecule has 11 nitrogen and oxygen atoms in total. The van der Waals surface area contributed by atoms with Crippen LogP contribution in [0.25, 0.3) is 0 Å². The Hall–Kier alpha value is -4.33. The number of hydrogen-bond donors (Lipinski definition) is 2. The van der Waals surface area contributed by atoms with Crippen LogP contribution in [-0.2, 0) is 9.63 Å². The molecule has 1 saturated carbocycles. The maximum Gasteiger partial charge on any atom is 0.247 e. The summed E-state index contributed by atoms with van der Waals surface area (Å²) in [6.45, 7) is 8.14. The summed E-state index contributed by atoms with van der Waals surface area (Å²) in [4.78, 5) is 35.2. The molecule has 0 spiro atoms. The number of likely N-dealkylation sites (tertiary alicyclic amines) is 1. The summed E-state index contributed by atoms with van der Waals surface area (Å²) in [6.07, 6.45) is 10.7. The molecule has 3 aromatic rings. The fraction of sp³-hybridized carbons (Fsp3) is 0.486. The van der Waals surface area contributed by atoms with E-state index < -0.39 is 17.7 Å². The molecule has 50 heavy (non-hydrogen) atoms. The van der Waals surface area contributed by atoms with E-state index in [1.807, 2.05) is 12.1 Å². The third-order valence-corrected chi connectivity index (χ3v) is 10.9. The standard InChI is InChI=1S/C37H44F2N8O3/c1-3-37(48)43-30-17-31(42-35-19-36(41-22-40-35)47-32(10-13-50-47)23-14-24(38)16-25(39)15-23)34(49-2)18-33(30)44-11-8-26(9-12-44)45-20-28-6-7-29(21-45)46(28)27-4-5-27/h3,14-19,22,26-29,32H,1,4-13,20-21H2,2H3,(H,43,48)(H,40,41,42)/t28?,29?,32-/m1/s1. The van der Waals surface area contributed by atoms with Crippen LogP contribution in [0.3, 0.4) is 0 Å². The number of nitrogens with zero attached hydrogens (tertiary/aromatic N) is 6. The number of piperazine rings is 1. The predicted molar refractivity (Wildman–Crippen MR) is 188 cm³/mol. The number of carbonyl (C=O) groups excluding carboxylic acids is 1. The number of halogens is 2. The van der Waals surface area contributed by atoms with Gasteiger partial charge in [0.1, 0.15) is 29.5 Å². The molecule has 13 heteroatoms. The summed E-state index contributed by atoms with van der Waals surface area (Å²) in [5.74, 6) is -0.155. The van der Waals surface area contributed by atoms with Crippen molar-refractivity contribution < 1.29 is 23.1 Å². The second kappa shape index (κ2) is 13.8. The van der Waals surface area contributed by atoms with Gasteiger partial charge in [0.05, 0.1) is 36.8 Å². The van der Waals surface area contributed by atoms with E-state index in [1.54, 1.807) is 18.2 Å². The van der Waals surface area contributed by atoms with Crippen LogP contribution in [0, 0.1) is 11.6 Å². The predicted octanol–water partition coefficient (Wildman–Crippen LogP) is 5.79. The molecule has 264 valence electrons. The normalized spacial score (nSPS) is 24.4. The smallest absolute Gasteiger partial charge is 0.247 e. The molecule has 5 heterocycles. The van der Waals surface area contributed by atoms with Crippen LogP contribution in [0.15, 0.2) is 55.4 Å². The topological polar surface area (TPSA) is 98.3 Å². The summed E-state index contributed by atoms with van der Waals surface area (Å²) in [5.41, 5.74) is 2.57. The second-order valence-corrected chi connectivity index (χ2v) is 14.1. The quantitative estimate of drug-likeness (QED) is 0.255. The maximum absolute atomic E-state index is 14.0. The van der Waals surface area contributed by atoms with Gasteiger partial charge in [-0.25, -0.2) is 23.8 Å². The number of anilines is 5. The summed E-state index contributed by atoms with van der Waals surface area (Å²) in [6, 6.07) is 11.4. The number of piperidine rings is 1. The van der Waals surface area contributed by atoms with Gasteiger partial charge in [0.15, 0.2) is 5.82 Å². The molecule has 2 N–H and O–H groups in total. The van der Waals surface area contributed by atoms with Crippen molar-refractivity contribution in [1.29, 1.82) is 0 Å². The van der Waals surface area contributed by atoms with E-state index in [1.165, 1.54) is 63.3 Å². The molecule has 5 fully saturated rings. The van der Waals surface area contributed by atoms with Crippen molar-refractivity contribution in [3.05, 3.63) is 72.6 Å². The lowest BCUT2D eigenvalue weighted by Gasteiger charge is -2.47. The SMILES string of the molecule is C=CC(=O)Nc1cc(Nc2cc(N3OCC[C@@H]3c3cc(F)cc(F)c3)ncn2)c(OC)cc1N1CCC(N2CC3CCC(C2)N3C2CC2)CC1. The lowest BCUT2D eigenvalue weighted by Crippen LogP contribution is -2.58. The fourth-order valence-electron chi connectivity index (χ4n) is 8.53. The first-order valence-electron chi connectivity index (χ1n) is 17.8. The number of hydrogen-bond acceptors (Lipinski definition) is 10. The molecule has 3 atom stereocenters. The van der Waals surface area contributed by atoms with E-state index in [2.05, 4.69) is 41.9 Å². The molecular formula is C37H44F2N8O3. The summed E-state index contributed by atoms with van der Waals surface area (Å²) >= 11 is 0. The van der Waals surface area contributed by atoms with E-state index in [0.717, 1.165) is 55.8 Å². The Labute approximate surface area is 291 Å². The van der Waals surface area contributed by atoms with E-state index >= 15 is 0 Å². The Balaban J connectivity index is 0.996. The van der Waals surface area contributed by atoms with Crippen LogP contribution in [0.2, 0.25) is 0 Å². The Morgan fingerprint density at radius 1 is 0.900 bits per heavy atom. The number of carbonyl (C=O) groups is 1. The number of ether oxygens (including phenoxy) is 1. The zero-order chi connectivity index (χ0) is 34.4. The van der Waals surface area contributed by atoms with Gasteiger partial charge in [0.25, 0.3) is 0 Å². The summed E-state index contributed by atoms with van der Waals surface area (Å²) in [7, 11) is 1.61. The van der Waals surface area contributed by atoms with Gasteiger partial charge in [-0.05, 0) is 68.4 Å². The van der Waals surface area contributed by atoms with Crippen molar-refractivity contribution in [2.24, 2.45) is 0 Å². The summed E-state index contributed by atoms with van der Waals surface area (Å²) < 4.78 is 33.9. The highest BCUT2D eigenvalue weighted by Crippen LogP contribution is 2.43. The number of rotatable bonds is 10. The molecule has 0 radical (unpaired) electrons. The first kappa shape index (κ1) is 32.9. The van der Waals surface area contributed by atoms with Crippen molar-refractivity contribution in [2.75, 3.05) is 60.5 Å². The van der Waals surface area contributed by atoms with Gasteiger partial charge in [0, 0.05) is 75.0 Å². The zero-order valence-corrected chi connectivity index (χ0v) is 28.4. The van der Waals surface area contributed by atoms with Crippen molar-refractivity contribution in [3.8, 4) is 5.75 Å². The molecule has 4 saturated heterocycles. The second-order valence-electron chi connectivity index (χ2n) is 14.1. The maximum atomic E-state index is 14.0. The molecule has 1 amide bonds. The van der Waals surface area contributed by atoms with Gasteiger partial charge in [-0.3, -0.25) is 19.4 Å². The van der Waals surface area contributed by atoms with Crippen molar-refractivity contribution >= 4 is 34.6 Å². The number of methoxy groups -OCH3 is 1. The monoisotopic (exact) mass is 686 g/mol. The van der Waals surface area contributed by atoms with Crippen LogP contribution in [0.4, 0.5) is 37.5 Å². The highest BCUT2D eigenvalue weighted by Gasteiger charge is 2.47. The molecular weight excluding hydrogens is 642 g/mol. The average Bonchev–Trinajstić information content (AvgIpc) is 3.77. The van der Waals surface area contributed by atoms with Crippen LogP contribution in [0.1, 0.15) is 56.6 Å². The van der Waals surface area contributed by atoms with Gasteiger partial charge in [-0.1, -0.05) is 6.58 Å². The van der Waals surface area contributed by atoms with Gasteiger partial charge in [0.2, 0.25) is 5.91 Å². The van der Waals surface area contributed by atoms with E-state index in [4.69, 9.17) is 9.57 Å². The Morgan fingerprint density at radius 3 is 2.30 bits per heavy atom. The molecule has 2 unspecified atom stereocenters. The molecule has 4 aliphatic heterocycles. The van der Waals surface area contributed by atoms with E-state index in [0.29, 0.717) is 53.4 Å². The highest BCUT2D eigenvalue weighted by atomic mass is 19.1. The summed E-state index contributed by atoms with van der Waals surface area (Å²) in [5, 5.41) is 7.88. The molecule has 8 rings (SSSR count). The average molecular weight is 687 g/mol. The first-order chi connectivity index (χ1) is 24.4. The minimum absolute atomic E-state index is 0.309. The van der Waals surface area contributed by atoms with Crippen molar-refractivity contribution in [2.45, 2.75) is 75.2 Å². The molecule has 2 bridgehead atoms. The van der Waals surface area contributed by atoms with Crippen molar-refractivity contribution in [3.63, 3.8) is 0 Å². The van der Waals surface area contributed by atoms with Gasteiger partial charge >= 0.3 is 0 Å². The number of amides is 1. The molecule has 1 aliphatic carbocycles. The van der Waals surface area contributed by atoms with Crippen LogP contribution >= 0.6 is 0 Å². The Kier molecular flexibility index (Phi) is 9.04. The largest absolute Gasteiger partial charge is 0.494 e. The Morgan fingerprint density at radius 2 is 1.62 bits per heavy atom. The van der Waals surface area contributed by atoms with Crippen LogP contribution in [-0.4, -0.2) is 89.7 Å². The van der Waals surface area contributed by atoms with Gasteiger partial charge in [-0.15, -0.1) is 0 Å². The van der Waals surface area contributed by atoms with Crippen molar-refractivity contribution in [1.82, 2.24) is 19.8 Å². The zero-order valence-electron chi connectivity index (χ0n) is 28.4. The van der Waals surface area contributed by atoms with E-state index in [9.17, 15) is 13.6 Å². The molecule has 1 aromatic heterocycles. The third-order valence-electron chi connectivity index (χ3n) is 10.9. The van der Waals surface area contributed by atoms with Crippen LogP contribution < -0.4 is 25.3 Å². The van der Waals surface area contributed by atoms with E-state index in [-0.39, 0.29) is 5.91 Å². The minimum atomic E-state index is -0.648. The number of aromatic nitrogens is 2. The fourth-order valence-corrected chi connectivity index (χ4v) is 8.53. The minimum Gasteiger partial charge on any atom is -0.494 e. The number of benzene rings is 2. The molecule has 2 aromatic carbocycles. The lowest BCUT2D eigenvalue weighted by atomic mass is 9.99. The Bertz CT molecular complexity index is 1720. The highest BCUT2D eigenvalue weighted by molar-refractivity contribution is 6.02. The number of hydroxylamine groups is 1. The molecule has 5 aliphatic rings. The number of nitrogens with one attached hydrogen (secondary N) is 2. The lowest BCUT2D eigenvalue weighted by molar-refractivity contribution is -0.111. The number of fused-ring (bicyclic) bond motifs is 2. The van der Waals surface area contributed by atoms with Crippen LogP contribution in [0.5, 0.6) is 5.75 Å². The van der Waals surface area contributed by atoms with Gasteiger partial charge < -0.3 is 20.3 Å². The van der Waals surface area contributed by atoms with Gasteiger partial charge in [-0.2, -0.15) is 0 Å². The first-order valence-corrected chi connectivity index (χ1v) is 17.8. The third kappa shape index (κ3) is 6.61.